The molecule has 0 bridgehead atoms. The molecular formula is C11H22N4O7. The van der Waals surface area contributed by atoms with Crippen molar-refractivity contribution in [3.05, 3.63) is 0 Å². The van der Waals surface area contributed by atoms with Crippen molar-refractivity contribution < 1.29 is 35.3 Å². The Hall–Kier alpha value is -0.890. The molecule has 128 valence electrons. The van der Waals surface area contributed by atoms with Gasteiger partial charge >= 0.3 is 0 Å². The third-order valence-corrected chi connectivity index (χ3v) is 4.07. The quantitative estimate of drug-likeness (QED) is 0.464. The number of likely N-dealkylation sites (N-methyl/N-ethyl adjacent to an activating group) is 1. The maximum Gasteiger partial charge on any atom is 0.225 e. The highest BCUT2D eigenvalue weighted by molar-refractivity contribution is 5.79. The molecule has 1 amide bonds. The van der Waals surface area contributed by atoms with Crippen molar-refractivity contribution in [2.75, 3.05) is 33.2 Å². The lowest BCUT2D eigenvalue weighted by Gasteiger charge is -2.34. The monoisotopic (exact) mass is 322 g/mol. The maximum absolute atomic E-state index is 12.5. The van der Waals surface area contributed by atoms with E-state index in [1.165, 1.54) is 0 Å². The summed E-state index contributed by atoms with van der Waals surface area (Å²) in [6, 6.07) is 0. The van der Waals surface area contributed by atoms with E-state index in [9.17, 15) is 4.79 Å². The van der Waals surface area contributed by atoms with Crippen LogP contribution in [-0.4, -0.2) is 92.8 Å². The summed E-state index contributed by atoms with van der Waals surface area (Å²) in [5.74, 6) is -0.518. The lowest BCUT2D eigenvalue weighted by atomic mass is 10.1. The van der Waals surface area contributed by atoms with Gasteiger partial charge in [0.2, 0.25) is 5.91 Å². The molecule has 0 aromatic carbocycles. The number of piperazine rings is 1. The maximum atomic E-state index is 12.5. The fourth-order valence-corrected chi connectivity index (χ4v) is 2.91. The van der Waals surface area contributed by atoms with Gasteiger partial charge in [-0.3, -0.25) is 25.6 Å². The molecule has 2 rings (SSSR count). The van der Waals surface area contributed by atoms with Crippen molar-refractivity contribution in [1.29, 1.82) is 0 Å². The topological polar surface area (TPSA) is 129 Å². The van der Waals surface area contributed by atoms with Crippen LogP contribution in [0, 0.1) is 5.92 Å². The van der Waals surface area contributed by atoms with Gasteiger partial charge in [0.1, 0.15) is 12.2 Å². The number of amides is 1. The lowest BCUT2D eigenvalue weighted by molar-refractivity contribution is -0.535. The number of hydrogen-bond acceptors (Lipinski definition) is 10. The first kappa shape index (κ1) is 17.5. The summed E-state index contributed by atoms with van der Waals surface area (Å²) in [5, 5.41) is 34.0. The van der Waals surface area contributed by atoms with Crippen molar-refractivity contribution in [1.82, 2.24) is 20.6 Å². The highest BCUT2D eigenvalue weighted by atomic mass is 17.1. The van der Waals surface area contributed by atoms with Crippen molar-refractivity contribution in [2.24, 2.45) is 5.92 Å². The number of nitrogens with zero attached hydrogens (tertiary/aromatic N) is 4. The molecule has 22 heavy (non-hydrogen) atoms. The van der Waals surface area contributed by atoms with Gasteiger partial charge in [-0.05, 0) is 19.9 Å². The van der Waals surface area contributed by atoms with Crippen LogP contribution in [0.1, 0.15) is 12.8 Å². The molecule has 0 aromatic rings. The SMILES string of the molecule is CN1CCN(C(=O)C2C[C@H](ON(O)O)[C@H](ON(O)O)C2)CC1. The third-order valence-electron chi connectivity index (χ3n) is 4.07. The second-order valence-corrected chi connectivity index (χ2v) is 5.59. The minimum absolute atomic E-state index is 0.0716. The zero-order valence-corrected chi connectivity index (χ0v) is 12.3. The molecule has 0 spiro atoms. The predicted molar refractivity (Wildman–Crippen MR) is 67.4 cm³/mol. The average Bonchev–Trinajstić information content (AvgIpc) is 2.80. The Morgan fingerprint density at radius 2 is 1.41 bits per heavy atom. The molecule has 1 unspecified atom stereocenters. The predicted octanol–water partition coefficient (Wildman–Crippen LogP) is -1.07. The summed E-state index contributed by atoms with van der Waals surface area (Å²) in [6.45, 7) is 2.84. The van der Waals surface area contributed by atoms with Gasteiger partial charge in [0.05, 0.1) is 10.8 Å². The molecule has 4 N–H and O–H groups in total. The largest absolute Gasteiger partial charge is 0.340 e. The molecule has 1 saturated heterocycles. The van der Waals surface area contributed by atoms with Crippen molar-refractivity contribution >= 4 is 5.91 Å². The van der Waals surface area contributed by atoms with Gasteiger partial charge in [0, 0.05) is 32.1 Å². The zero-order chi connectivity index (χ0) is 16.3. The molecule has 1 aliphatic heterocycles. The van der Waals surface area contributed by atoms with E-state index in [0.29, 0.717) is 13.1 Å². The van der Waals surface area contributed by atoms with Crippen LogP contribution >= 0.6 is 0 Å². The highest BCUT2D eigenvalue weighted by Crippen LogP contribution is 2.32. The molecule has 1 saturated carbocycles. The van der Waals surface area contributed by atoms with Gasteiger partial charge in [-0.25, -0.2) is 9.68 Å². The molecule has 11 heteroatoms. The molecule has 2 aliphatic rings. The molecule has 0 radical (unpaired) electrons. The normalized spacial score (nSPS) is 30.5. The third kappa shape index (κ3) is 4.55. The summed E-state index contributed by atoms with van der Waals surface area (Å²) in [6.07, 6.45) is -1.42. The number of hydrogen-bond donors (Lipinski definition) is 4. The second-order valence-electron chi connectivity index (χ2n) is 5.59. The molecule has 0 aromatic heterocycles. The van der Waals surface area contributed by atoms with Gasteiger partial charge in [-0.15, -0.1) is 0 Å². The Bertz CT molecular complexity index is 357. The summed E-state index contributed by atoms with van der Waals surface area (Å²) >= 11 is 0. The van der Waals surface area contributed by atoms with Crippen LogP contribution in [0.25, 0.3) is 0 Å². The molecule has 3 atom stereocenters. The van der Waals surface area contributed by atoms with Crippen LogP contribution in [0.15, 0.2) is 0 Å². The van der Waals surface area contributed by atoms with E-state index >= 15 is 0 Å². The molecule has 11 nitrogen and oxygen atoms in total. The van der Waals surface area contributed by atoms with E-state index in [0.717, 1.165) is 13.1 Å². The van der Waals surface area contributed by atoms with Crippen LogP contribution in [0.4, 0.5) is 0 Å². The van der Waals surface area contributed by atoms with E-state index in [-0.39, 0.29) is 18.7 Å². The number of carbonyl (C=O) groups is 1. The Kier molecular flexibility index (Phi) is 6.02. The second kappa shape index (κ2) is 7.59. The van der Waals surface area contributed by atoms with Crippen LogP contribution in [0.3, 0.4) is 0 Å². The summed E-state index contributed by atoms with van der Waals surface area (Å²) < 4.78 is 0. The van der Waals surface area contributed by atoms with Crippen LogP contribution in [0.2, 0.25) is 0 Å². The summed E-state index contributed by atoms with van der Waals surface area (Å²) in [7, 11) is 1.99. The first-order valence-electron chi connectivity index (χ1n) is 7.03. The van der Waals surface area contributed by atoms with Gasteiger partial charge < -0.3 is 9.80 Å². The van der Waals surface area contributed by atoms with Gasteiger partial charge in [0.15, 0.2) is 0 Å². The lowest BCUT2D eigenvalue weighted by Crippen LogP contribution is -2.48. The average molecular weight is 322 g/mol. The number of carbonyl (C=O) groups excluding carboxylic acids is 1. The molecular weight excluding hydrogens is 300 g/mol. The minimum atomic E-state index is -0.891. The van der Waals surface area contributed by atoms with Crippen molar-refractivity contribution in [3.8, 4) is 0 Å². The summed E-state index contributed by atoms with van der Waals surface area (Å²) in [5.41, 5.74) is 0. The Balaban J connectivity index is 1.95. The fourth-order valence-electron chi connectivity index (χ4n) is 2.91. The standard InChI is InChI=1S/C11H22N4O7/c1-12-2-4-13(5-3-12)11(16)8-6-9(21-14(17)18)10(7-8)22-15(19)20/h8-10,17-20H,2-7H2,1H3/t8?,9-,10+. The minimum Gasteiger partial charge on any atom is -0.340 e. The first-order valence-corrected chi connectivity index (χ1v) is 7.03. The molecule has 1 aliphatic carbocycles. The van der Waals surface area contributed by atoms with Crippen molar-refractivity contribution in [3.63, 3.8) is 0 Å². The van der Waals surface area contributed by atoms with Gasteiger partial charge in [0.25, 0.3) is 0 Å². The van der Waals surface area contributed by atoms with E-state index in [1.807, 2.05) is 7.05 Å². The zero-order valence-electron chi connectivity index (χ0n) is 12.3. The highest BCUT2D eigenvalue weighted by Gasteiger charge is 2.43. The number of rotatable bonds is 5. The van der Waals surface area contributed by atoms with E-state index < -0.39 is 28.9 Å². The smallest absolute Gasteiger partial charge is 0.225 e. The Morgan fingerprint density at radius 3 is 1.82 bits per heavy atom. The van der Waals surface area contributed by atoms with E-state index in [1.54, 1.807) is 4.90 Å². The van der Waals surface area contributed by atoms with Gasteiger partial charge in [-0.2, -0.15) is 0 Å². The molecule has 2 fully saturated rings. The Morgan fingerprint density at radius 1 is 0.955 bits per heavy atom. The fraction of sp³-hybridized carbons (Fsp3) is 0.909. The van der Waals surface area contributed by atoms with Crippen LogP contribution in [0.5, 0.6) is 0 Å². The molecule has 1 heterocycles. The Labute approximate surface area is 127 Å². The van der Waals surface area contributed by atoms with Crippen LogP contribution < -0.4 is 0 Å². The van der Waals surface area contributed by atoms with E-state index in [2.05, 4.69) is 4.90 Å². The van der Waals surface area contributed by atoms with Crippen LogP contribution in [-0.2, 0) is 14.5 Å². The van der Waals surface area contributed by atoms with Gasteiger partial charge in [-0.1, -0.05) is 0 Å². The summed E-state index contributed by atoms with van der Waals surface area (Å²) in [4.78, 5) is 25.8. The van der Waals surface area contributed by atoms with E-state index in [4.69, 9.17) is 30.5 Å². The van der Waals surface area contributed by atoms with Crippen molar-refractivity contribution in [2.45, 2.75) is 25.0 Å². The first-order chi connectivity index (χ1) is 10.4.